The van der Waals surface area contributed by atoms with E-state index < -0.39 is 6.04 Å². The molecule has 0 radical (unpaired) electrons. The van der Waals surface area contributed by atoms with Gasteiger partial charge in [-0.2, -0.15) is 0 Å². The summed E-state index contributed by atoms with van der Waals surface area (Å²) in [5.74, 6) is -0.362. The van der Waals surface area contributed by atoms with E-state index in [1.807, 2.05) is 24.4 Å². The van der Waals surface area contributed by atoms with Crippen LogP contribution in [0, 0.1) is 0 Å². The number of ether oxygens (including phenoxy) is 1. The van der Waals surface area contributed by atoms with Crippen LogP contribution in [0.3, 0.4) is 0 Å². The van der Waals surface area contributed by atoms with Crippen molar-refractivity contribution in [3.05, 3.63) is 36.0 Å². The average molecular weight is 639 g/mol. The van der Waals surface area contributed by atoms with Crippen LogP contribution >= 0.6 is 0 Å². The molecule has 0 aliphatic heterocycles. The lowest BCUT2D eigenvalue weighted by Crippen LogP contribution is -2.43. The van der Waals surface area contributed by atoms with Gasteiger partial charge in [-0.3, -0.25) is 4.79 Å². The highest BCUT2D eigenvalue weighted by Gasteiger charge is 2.24. The van der Waals surface area contributed by atoms with E-state index in [0.29, 0.717) is 19.4 Å². The predicted octanol–water partition coefficient (Wildman–Crippen LogP) is 11.9. The molecule has 1 atom stereocenters. The second-order valence-electron chi connectivity index (χ2n) is 13.7. The lowest BCUT2D eigenvalue weighted by Gasteiger charge is -2.18. The van der Waals surface area contributed by atoms with Crippen LogP contribution in [-0.2, 0) is 20.7 Å². The molecule has 0 unspecified atom stereocenters. The normalized spacial score (nSPS) is 12.0. The van der Waals surface area contributed by atoms with Crippen LogP contribution in [0.4, 0.5) is 0 Å². The number of esters is 1. The molecule has 0 spiro atoms. The number of nitrogens with one attached hydrogen (secondary N) is 2. The van der Waals surface area contributed by atoms with Gasteiger partial charge in [0.05, 0.1) is 6.61 Å². The Kier molecular flexibility index (Phi) is 24.1. The molecule has 0 saturated carbocycles. The molecule has 1 amide bonds. The van der Waals surface area contributed by atoms with E-state index >= 15 is 0 Å². The summed E-state index contributed by atoms with van der Waals surface area (Å²) in [5, 5.41) is 4.11. The fourth-order valence-electron chi connectivity index (χ4n) is 6.50. The van der Waals surface area contributed by atoms with Gasteiger partial charge < -0.3 is 15.0 Å². The predicted molar refractivity (Wildman–Crippen MR) is 196 cm³/mol. The van der Waals surface area contributed by atoms with E-state index in [2.05, 4.69) is 30.2 Å². The standard InChI is InChI=1S/C41H70N2O3/c1-3-5-7-9-11-13-14-15-16-17-18-19-21-23-25-29-33-46-41(45)39(34-36-35-42-38-31-28-27-30-37(36)38)43-40(44)32-26-24-22-20-12-10-8-6-4-2/h27-28,30-31,35,39,42H,3-26,29,32-34H2,1-2H3,(H,43,44)/t39-/m0/s1. The number of hydrogen-bond donors (Lipinski definition) is 2. The molecule has 2 N–H and O–H groups in total. The SMILES string of the molecule is CCCCCCCCCCCCCCCCCCOC(=O)[C@H](Cc1c[nH]c2ccccc12)NC(=O)CCCCCCCCCCC. The Morgan fingerprint density at radius 3 is 1.61 bits per heavy atom. The zero-order valence-corrected chi connectivity index (χ0v) is 30.0. The van der Waals surface area contributed by atoms with Gasteiger partial charge in [0.2, 0.25) is 5.91 Å². The third-order valence-corrected chi connectivity index (χ3v) is 9.47. The van der Waals surface area contributed by atoms with Crippen molar-refractivity contribution in [2.45, 2.75) is 193 Å². The zero-order valence-electron chi connectivity index (χ0n) is 30.0. The summed E-state index contributed by atoms with van der Waals surface area (Å²) in [6.07, 6.45) is 34.9. The molecule has 46 heavy (non-hydrogen) atoms. The van der Waals surface area contributed by atoms with Crippen molar-refractivity contribution in [3.63, 3.8) is 0 Å². The molecule has 0 aliphatic carbocycles. The van der Waals surface area contributed by atoms with E-state index in [0.717, 1.165) is 42.1 Å². The number of amides is 1. The first-order chi connectivity index (χ1) is 22.7. The second-order valence-corrected chi connectivity index (χ2v) is 13.7. The van der Waals surface area contributed by atoms with Crippen LogP contribution < -0.4 is 5.32 Å². The summed E-state index contributed by atoms with van der Waals surface area (Å²) >= 11 is 0. The molecular weight excluding hydrogens is 568 g/mol. The van der Waals surface area contributed by atoms with Gasteiger partial charge >= 0.3 is 5.97 Å². The van der Waals surface area contributed by atoms with E-state index in [1.165, 1.54) is 135 Å². The number of aromatic nitrogens is 1. The van der Waals surface area contributed by atoms with Gasteiger partial charge in [-0.05, 0) is 24.5 Å². The molecule has 0 aliphatic rings. The first-order valence-electron chi connectivity index (χ1n) is 19.7. The topological polar surface area (TPSA) is 71.2 Å². The second kappa shape index (κ2) is 27.8. The minimum Gasteiger partial charge on any atom is -0.464 e. The van der Waals surface area contributed by atoms with Crippen molar-refractivity contribution in [3.8, 4) is 0 Å². The van der Waals surface area contributed by atoms with Crippen LogP contribution in [0.25, 0.3) is 10.9 Å². The van der Waals surface area contributed by atoms with Gasteiger partial charge in [0.15, 0.2) is 0 Å². The summed E-state index contributed by atoms with van der Waals surface area (Å²) in [4.78, 5) is 29.3. The van der Waals surface area contributed by atoms with Gasteiger partial charge in [0.1, 0.15) is 6.04 Å². The third-order valence-electron chi connectivity index (χ3n) is 9.47. The average Bonchev–Trinajstić information content (AvgIpc) is 3.47. The molecule has 0 fully saturated rings. The fourth-order valence-corrected chi connectivity index (χ4v) is 6.50. The smallest absolute Gasteiger partial charge is 0.328 e. The van der Waals surface area contributed by atoms with Gasteiger partial charge in [0, 0.05) is 29.9 Å². The molecule has 2 rings (SSSR count). The van der Waals surface area contributed by atoms with Crippen molar-refractivity contribution >= 4 is 22.8 Å². The number of para-hydroxylation sites is 1. The summed E-state index contributed by atoms with van der Waals surface area (Å²) < 4.78 is 5.72. The molecule has 0 saturated heterocycles. The van der Waals surface area contributed by atoms with Crippen LogP contribution in [0.5, 0.6) is 0 Å². The summed E-state index contributed by atoms with van der Waals surface area (Å²) in [5.41, 5.74) is 2.07. The third kappa shape index (κ3) is 19.4. The molecule has 1 heterocycles. The molecule has 5 heteroatoms. The number of benzene rings is 1. The van der Waals surface area contributed by atoms with E-state index in [4.69, 9.17) is 4.74 Å². The molecule has 1 aromatic heterocycles. The van der Waals surface area contributed by atoms with Gasteiger partial charge in [-0.15, -0.1) is 0 Å². The van der Waals surface area contributed by atoms with Crippen LogP contribution in [0.15, 0.2) is 30.5 Å². The maximum absolute atomic E-state index is 13.2. The van der Waals surface area contributed by atoms with Gasteiger partial charge in [-0.25, -0.2) is 4.79 Å². The van der Waals surface area contributed by atoms with E-state index in [-0.39, 0.29) is 11.9 Å². The van der Waals surface area contributed by atoms with E-state index in [1.54, 1.807) is 0 Å². The van der Waals surface area contributed by atoms with Crippen molar-refractivity contribution in [1.82, 2.24) is 10.3 Å². The highest BCUT2D eigenvalue weighted by atomic mass is 16.5. The van der Waals surface area contributed by atoms with Gasteiger partial charge in [0.25, 0.3) is 0 Å². The maximum atomic E-state index is 13.2. The quantitative estimate of drug-likeness (QED) is 0.0637. The lowest BCUT2D eigenvalue weighted by molar-refractivity contribution is -0.148. The number of hydrogen-bond acceptors (Lipinski definition) is 3. The minimum absolute atomic E-state index is 0.0489. The Hall–Kier alpha value is -2.30. The first kappa shape index (κ1) is 39.9. The first-order valence-corrected chi connectivity index (χ1v) is 19.7. The number of fused-ring (bicyclic) bond motifs is 1. The summed E-state index contributed by atoms with van der Waals surface area (Å²) in [6.45, 7) is 4.96. The Balaban J connectivity index is 1.61. The molecule has 1 aromatic carbocycles. The number of rotatable bonds is 31. The highest BCUT2D eigenvalue weighted by molar-refractivity contribution is 5.87. The minimum atomic E-state index is -0.661. The van der Waals surface area contributed by atoms with Crippen LogP contribution in [0.2, 0.25) is 0 Å². The maximum Gasteiger partial charge on any atom is 0.328 e. The van der Waals surface area contributed by atoms with E-state index in [9.17, 15) is 9.59 Å². The molecule has 262 valence electrons. The summed E-state index contributed by atoms with van der Waals surface area (Å²) in [7, 11) is 0. The van der Waals surface area contributed by atoms with Crippen LogP contribution in [0.1, 0.15) is 186 Å². The number of H-pyrrole nitrogens is 1. The number of aromatic amines is 1. The number of carbonyl (C=O) groups is 2. The Labute approximate surface area is 282 Å². The Bertz CT molecular complexity index is 1020. The van der Waals surface area contributed by atoms with Crippen molar-refractivity contribution in [1.29, 1.82) is 0 Å². The van der Waals surface area contributed by atoms with Crippen molar-refractivity contribution in [2.24, 2.45) is 0 Å². The molecule has 5 nitrogen and oxygen atoms in total. The van der Waals surface area contributed by atoms with Gasteiger partial charge in [-0.1, -0.05) is 180 Å². The highest BCUT2D eigenvalue weighted by Crippen LogP contribution is 2.20. The summed E-state index contributed by atoms with van der Waals surface area (Å²) in [6, 6.07) is 7.44. The molecule has 0 bridgehead atoms. The number of unbranched alkanes of at least 4 members (excludes halogenated alkanes) is 23. The Morgan fingerprint density at radius 2 is 1.09 bits per heavy atom. The largest absolute Gasteiger partial charge is 0.464 e. The fraction of sp³-hybridized carbons (Fsp3) is 0.756. The van der Waals surface area contributed by atoms with Crippen molar-refractivity contribution in [2.75, 3.05) is 6.61 Å². The zero-order chi connectivity index (χ0) is 32.9. The molecular formula is C41H70N2O3. The lowest BCUT2D eigenvalue weighted by atomic mass is 10.0. The van der Waals surface area contributed by atoms with Crippen molar-refractivity contribution < 1.29 is 14.3 Å². The Morgan fingerprint density at radius 1 is 0.630 bits per heavy atom. The van der Waals surface area contributed by atoms with Crippen LogP contribution in [-0.4, -0.2) is 29.5 Å². The molecule has 2 aromatic rings. The monoisotopic (exact) mass is 639 g/mol. The number of carbonyl (C=O) groups excluding carboxylic acids is 2.